The first-order valence-corrected chi connectivity index (χ1v) is 16.8. The van der Waals surface area contributed by atoms with Gasteiger partial charge in [0.1, 0.15) is 11.2 Å². The highest BCUT2D eigenvalue weighted by Gasteiger charge is 2.15. The van der Waals surface area contributed by atoms with Crippen LogP contribution in [0.2, 0.25) is 0 Å². The average Bonchev–Trinajstić information content (AvgIpc) is 3.84. The molecule has 234 valence electrons. The predicted molar refractivity (Wildman–Crippen MR) is 207 cm³/mol. The first-order chi connectivity index (χ1) is 27.7. The van der Waals surface area contributed by atoms with E-state index >= 15 is 0 Å². The van der Waals surface area contributed by atoms with Gasteiger partial charge in [-0.05, 0) is 70.7 Å². The zero-order chi connectivity index (χ0) is 39.1. The number of hydrogen-bond acceptors (Lipinski definition) is 5. The van der Waals surface area contributed by atoms with Gasteiger partial charge in [0.2, 0.25) is 0 Å². The molecular formula is C45H27N3OS. The van der Waals surface area contributed by atoms with E-state index in [1.807, 2.05) is 115 Å². The average molecular weight is 665 g/mol. The fourth-order valence-electron chi connectivity index (χ4n) is 6.35. The third-order valence-corrected chi connectivity index (χ3v) is 9.82. The van der Waals surface area contributed by atoms with Gasteiger partial charge in [0.05, 0.1) is 9.60 Å². The predicted octanol–water partition coefficient (Wildman–Crippen LogP) is 12.5. The molecule has 3 aromatic heterocycles. The second-order valence-electron chi connectivity index (χ2n) is 11.9. The second kappa shape index (κ2) is 11.6. The van der Waals surface area contributed by atoms with Crippen molar-refractivity contribution >= 4 is 53.4 Å². The van der Waals surface area contributed by atoms with Crippen LogP contribution in [0.15, 0.2) is 168 Å². The summed E-state index contributed by atoms with van der Waals surface area (Å²) in [6.07, 6.45) is 0. The Morgan fingerprint density at radius 1 is 0.420 bits per heavy atom. The number of fused-ring (bicyclic) bond motifs is 6. The zero-order valence-corrected chi connectivity index (χ0v) is 27.0. The zero-order valence-electron chi connectivity index (χ0n) is 33.2. The highest BCUT2D eigenvalue weighted by Crippen LogP contribution is 2.38. The number of hydrogen-bond donors (Lipinski definition) is 0. The summed E-state index contributed by atoms with van der Waals surface area (Å²) in [5.74, 6) is 1.49. The van der Waals surface area contributed by atoms with Crippen LogP contribution >= 0.6 is 11.3 Å². The first kappa shape index (κ1) is 22.3. The summed E-state index contributed by atoms with van der Waals surface area (Å²) in [6, 6.07) is 37.3. The number of rotatable bonds is 5. The van der Waals surface area contributed by atoms with E-state index in [2.05, 4.69) is 0 Å². The Morgan fingerprint density at radius 3 is 1.84 bits per heavy atom. The Bertz CT molecular complexity index is 3290. The second-order valence-corrected chi connectivity index (χ2v) is 12.9. The van der Waals surface area contributed by atoms with Crippen LogP contribution in [-0.2, 0) is 0 Å². The molecule has 0 bridgehead atoms. The van der Waals surface area contributed by atoms with Gasteiger partial charge in [0.15, 0.2) is 17.5 Å². The summed E-state index contributed by atoms with van der Waals surface area (Å²) in [7, 11) is 0. The van der Waals surface area contributed by atoms with Gasteiger partial charge in [0.25, 0.3) is 0 Å². The van der Waals surface area contributed by atoms with E-state index < -0.39 is 6.04 Å². The van der Waals surface area contributed by atoms with Crippen LogP contribution in [0, 0.1) is 0 Å². The lowest BCUT2D eigenvalue weighted by molar-refractivity contribution is 0.669. The molecule has 10 aromatic rings. The molecule has 0 unspecified atom stereocenters. The molecule has 0 aliphatic rings. The van der Waals surface area contributed by atoms with Gasteiger partial charge in [-0.1, -0.05) is 115 Å². The molecule has 0 spiro atoms. The fourth-order valence-corrected chi connectivity index (χ4v) is 7.27. The van der Waals surface area contributed by atoms with E-state index in [4.69, 9.17) is 27.6 Å². The van der Waals surface area contributed by atoms with Gasteiger partial charge in [-0.2, -0.15) is 0 Å². The van der Waals surface area contributed by atoms with Gasteiger partial charge in [-0.15, -0.1) is 11.3 Å². The van der Waals surface area contributed by atoms with Crippen molar-refractivity contribution in [3.05, 3.63) is 164 Å². The summed E-state index contributed by atoms with van der Waals surface area (Å²) in [6.45, 7) is 0. The van der Waals surface area contributed by atoms with E-state index in [-0.39, 0.29) is 57.3 Å². The minimum Gasteiger partial charge on any atom is -0.456 e. The maximum atomic E-state index is 9.30. The molecule has 10 rings (SSSR count). The van der Waals surface area contributed by atoms with Gasteiger partial charge in [-0.25, -0.2) is 15.0 Å². The van der Waals surface area contributed by atoms with Crippen molar-refractivity contribution < 1.29 is 14.0 Å². The number of thiophene rings is 1. The van der Waals surface area contributed by atoms with Crippen molar-refractivity contribution in [2.75, 3.05) is 0 Å². The molecule has 7 aromatic carbocycles. The van der Waals surface area contributed by atoms with Crippen molar-refractivity contribution in [2.24, 2.45) is 0 Å². The van der Waals surface area contributed by atoms with E-state index in [0.29, 0.717) is 27.7 Å². The van der Waals surface area contributed by atoms with Crippen molar-refractivity contribution in [1.82, 2.24) is 15.0 Å². The van der Waals surface area contributed by atoms with E-state index in [1.165, 1.54) is 0 Å². The molecule has 0 saturated heterocycles. The number of para-hydroxylation sites is 1. The molecule has 3 heterocycles. The van der Waals surface area contributed by atoms with Crippen LogP contribution in [0.5, 0.6) is 0 Å². The Balaban J connectivity index is 1.09. The molecule has 0 atom stereocenters. The quantitative estimate of drug-likeness (QED) is 0.184. The van der Waals surface area contributed by atoms with Gasteiger partial charge >= 0.3 is 0 Å². The Kier molecular flexibility index (Phi) is 5.17. The van der Waals surface area contributed by atoms with Crippen LogP contribution in [0.3, 0.4) is 0 Å². The minimum absolute atomic E-state index is 0.0554. The van der Waals surface area contributed by atoms with Crippen molar-refractivity contribution in [3.63, 3.8) is 0 Å². The lowest BCUT2D eigenvalue weighted by Crippen LogP contribution is -2.00. The molecule has 50 heavy (non-hydrogen) atoms. The monoisotopic (exact) mass is 664 g/mol. The topological polar surface area (TPSA) is 51.8 Å². The van der Waals surface area contributed by atoms with Crippen LogP contribution in [-0.4, -0.2) is 15.0 Å². The normalized spacial score (nSPS) is 13.6. The Morgan fingerprint density at radius 2 is 1.02 bits per heavy atom. The van der Waals surface area contributed by atoms with Crippen LogP contribution in [0.25, 0.3) is 98.5 Å². The van der Waals surface area contributed by atoms with Gasteiger partial charge in [-0.3, -0.25) is 0 Å². The highest BCUT2D eigenvalue weighted by atomic mass is 32.1. The lowest BCUT2D eigenvalue weighted by Gasteiger charge is -2.10. The minimum atomic E-state index is -0.398. The molecular weight excluding hydrogens is 631 g/mol. The Hall–Kier alpha value is -6.43. The van der Waals surface area contributed by atoms with Crippen LogP contribution < -0.4 is 0 Å². The molecule has 0 radical (unpaired) electrons. The summed E-state index contributed by atoms with van der Waals surface area (Å²) in [4.78, 5) is 14.8. The highest BCUT2D eigenvalue weighted by molar-refractivity contribution is 7.25. The van der Waals surface area contributed by atoms with Gasteiger partial charge in [0, 0.05) is 47.6 Å². The molecule has 5 heteroatoms. The summed E-state index contributed by atoms with van der Waals surface area (Å²) >= 11 is 1.02. The lowest BCUT2D eigenvalue weighted by atomic mass is 9.97. The van der Waals surface area contributed by atoms with Crippen molar-refractivity contribution in [3.8, 4) is 56.4 Å². The third kappa shape index (κ3) is 4.95. The maximum Gasteiger partial charge on any atom is 0.164 e. The maximum absolute atomic E-state index is 9.30. The number of benzene rings is 7. The summed E-state index contributed by atoms with van der Waals surface area (Å²) in [5.41, 5.74) is 6.30. The molecule has 0 aliphatic heterocycles. The first-order valence-electron chi connectivity index (χ1n) is 19.5. The van der Waals surface area contributed by atoms with Crippen LogP contribution in [0.4, 0.5) is 0 Å². The smallest absolute Gasteiger partial charge is 0.164 e. The van der Waals surface area contributed by atoms with E-state index in [9.17, 15) is 1.37 Å². The molecule has 0 amide bonds. The fraction of sp³-hybridized carbons (Fsp3) is 0. The summed E-state index contributed by atoms with van der Waals surface area (Å²) < 4.78 is 67.5. The molecule has 0 fully saturated rings. The Labute approximate surface area is 301 Å². The van der Waals surface area contributed by atoms with Crippen molar-refractivity contribution in [1.29, 1.82) is 0 Å². The van der Waals surface area contributed by atoms with E-state index in [1.54, 1.807) is 6.07 Å². The summed E-state index contributed by atoms with van der Waals surface area (Å²) in [5, 5.41) is 2.50. The molecule has 4 nitrogen and oxygen atoms in total. The third-order valence-electron chi connectivity index (χ3n) is 8.80. The molecule has 0 aliphatic carbocycles. The number of furan rings is 1. The van der Waals surface area contributed by atoms with E-state index in [0.717, 1.165) is 61.1 Å². The molecule has 0 N–H and O–H groups in total. The number of aromatic nitrogens is 3. The van der Waals surface area contributed by atoms with Crippen molar-refractivity contribution in [2.45, 2.75) is 0 Å². The number of nitrogens with zero attached hydrogens (tertiary/aromatic N) is 3. The van der Waals surface area contributed by atoms with Gasteiger partial charge < -0.3 is 4.42 Å². The standard InChI is InChI=1S/C45H27N3OS/c1-2-10-28(11-3-1)43-46-44(48-45(47-43)34-20-22-36-35-16-4-6-18-39(35)49-40(36)27-34)33-15-9-14-31(25-33)29-12-8-13-30(24-29)32-21-23-42-38(26-32)37-17-5-7-19-41(37)50-42/h1-27H/i5D,7D,17D,19D,21D,23D,26D. The molecule has 0 saturated carbocycles. The SMILES string of the molecule is [2H]c1c([2H])c([2H])c2c(sc3c([2H])c([2H])c(-c4cccc(-c5cccc(-c6nc(-c7ccccc7)nc(-c7ccc8c(c7)oc7ccccc78)n6)c5)c4)c([2H])c32)c1[2H]. The van der Waals surface area contributed by atoms with Crippen LogP contribution in [0.1, 0.15) is 9.60 Å². The largest absolute Gasteiger partial charge is 0.456 e.